The number of rotatable bonds is 7. The van der Waals surface area contributed by atoms with Gasteiger partial charge in [0.15, 0.2) is 0 Å². The highest BCUT2D eigenvalue weighted by Crippen LogP contribution is 2.44. The second-order valence-corrected chi connectivity index (χ2v) is 9.74. The van der Waals surface area contributed by atoms with Gasteiger partial charge in [-0.3, -0.25) is 9.59 Å². The van der Waals surface area contributed by atoms with Crippen molar-refractivity contribution in [2.24, 2.45) is 0 Å². The van der Waals surface area contributed by atoms with E-state index in [-0.39, 0.29) is 37.3 Å². The number of carboxylic acids is 1. The van der Waals surface area contributed by atoms with Crippen molar-refractivity contribution in [3.8, 4) is 11.1 Å². The maximum Gasteiger partial charge on any atom is 0.407 e. The van der Waals surface area contributed by atoms with Crippen LogP contribution in [0.2, 0.25) is 0 Å². The molecule has 1 saturated carbocycles. The number of hydrogen-bond donors (Lipinski definition) is 2. The number of carbonyl (C=O) groups is 3. The maximum absolute atomic E-state index is 13.0. The Morgan fingerprint density at radius 2 is 1.65 bits per heavy atom. The molecule has 5 rings (SSSR count). The van der Waals surface area contributed by atoms with Gasteiger partial charge in [-0.05, 0) is 54.4 Å². The van der Waals surface area contributed by atoms with E-state index >= 15 is 0 Å². The zero-order valence-electron chi connectivity index (χ0n) is 19.2. The minimum absolute atomic E-state index is 0.0153. The topological polar surface area (TPSA) is 95.9 Å². The Labute approximate surface area is 199 Å². The first kappa shape index (κ1) is 22.4. The minimum atomic E-state index is -0.889. The average molecular weight is 463 g/mol. The van der Waals surface area contributed by atoms with Crippen LogP contribution in [0.15, 0.2) is 48.5 Å². The Morgan fingerprint density at radius 1 is 1.00 bits per heavy atom. The number of likely N-dealkylation sites (tertiary alicyclic amines) is 1. The molecule has 1 aliphatic heterocycles. The Kier molecular flexibility index (Phi) is 6.02. The summed E-state index contributed by atoms with van der Waals surface area (Å²) >= 11 is 0. The summed E-state index contributed by atoms with van der Waals surface area (Å²) in [6, 6.07) is 16.1. The van der Waals surface area contributed by atoms with E-state index in [1.807, 2.05) is 24.3 Å². The SMILES string of the molecule is O=C(O)C[C@H]1CCCN1C(=O)CC1(NC(=O)OCC2c3ccccc3-c3ccccc32)CCC1. The largest absolute Gasteiger partial charge is 0.481 e. The second kappa shape index (κ2) is 9.12. The molecule has 2 aliphatic carbocycles. The highest BCUT2D eigenvalue weighted by Gasteiger charge is 2.43. The van der Waals surface area contributed by atoms with Crippen molar-refractivity contribution in [1.82, 2.24) is 10.2 Å². The molecule has 2 fully saturated rings. The van der Waals surface area contributed by atoms with Crippen molar-refractivity contribution in [3.63, 3.8) is 0 Å². The van der Waals surface area contributed by atoms with Crippen molar-refractivity contribution in [2.45, 2.75) is 62.4 Å². The van der Waals surface area contributed by atoms with Gasteiger partial charge >= 0.3 is 12.1 Å². The molecular formula is C27H30N2O5. The first-order chi connectivity index (χ1) is 16.5. The molecule has 0 aromatic heterocycles. The number of hydrogen-bond acceptors (Lipinski definition) is 4. The number of carbonyl (C=O) groups excluding carboxylic acids is 2. The first-order valence-corrected chi connectivity index (χ1v) is 12.1. The number of fused-ring (bicyclic) bond motifs is 3. The van der Waals surface area contributed by atoms with E-state index in [2.05, 4.69) is 29.6 Å². The van der Waals surface area contributed by atoms with Gasteiger partial charge in [0.05, 0.1) is 18.4 Å². The van der Waals surface area contributed by atoms with Crippen LogP contribution in [0.25, 0.3) is 11.1 Å². The summed E-state index contributed by atoms with van der Waals surface area (Å²) in [5, 5.41) is 12.1. The maximum atomic E-state index is 13.0. The molecule has 0 spiro atoms. The molecule has 2 aromatic carbocycles. The molecular weight excluding hydrogens is 432 g/mol. The summed E-state index contributed by atoms with van der Waals surface area (Å²) in [5.74, 6) is -0.985. The smallest absolute Gasteiger partial charge is 0.407 e. The van der Waals surface area contributed by atoms with Crippen molar-refractivity contribution in [1.29, 1.82) is 0 Å². The third-order valence-electron chi connectivity index (χ3n) is 7.62. The fourth-order valence-electron chi connectivity index (χ4n) is 5.77. The number of carboxylic acid groups (broad SMARTS) is 1. The number of benzene rings is 2. The number of nitrogens with one attached hydrogen (secondary N) is 1. The van der Waals surface area contributed by atoms with E-state index in [9.17, 15) is 14.4 Å². The molecule has 0 radical (unpaired) electrons. The number of amides is 2. The zero-order valence-corrected chi connectivity index (χ0v) is 19.2. The second-order valence-electron chi connectivity index (χ2n) is 9.74. The molecule has 1 saturated heterocycles. The van der Waals surface area contributed by atoms with Gasteiger partial charge in [-0.25, -0.2) is 4.79 Å². The van der Waals surface area contributed by atoms with Crippen LogP contribution in [0.3, 0.4) is 0 Å². The van der Waals surface area contributed by atoms with E-state index in [0.29, 0.717) is 13.0 Å². The van der Waals surface area contributed by atoms with E-state index in [1.54, 1.807) is 4.90 Å². The quantitative estimate of drug-likeness (QED) is 0.640. The fourth-order valence-corrected chi connectivity index (χ4v) is 5.77. The Morgan fingerprint density at radius 3 is 2.24 bits per heavy atom. The van der Waals surface area contributed by atoms with Crippen LogP contribution < -0.4 is 5.32 Å². The molecule has 2 aromatic rings. The number of ether oxygens (including phenoxy) is 1. The van der Waals surface area contributed by atoms with Gasteiger partial charge in [0.2, 0.25) is 5.91 Å². The molecule has 2 N–H and O–H groups in total. The highest BCUT2D eigenvalue weighted by atomic mass is 16.5. The third kappa shape index (κ3) is 4.27. The normalized spacial score (nSPS) is 20.2. The lowest BCUT2D eigenvalue weighted by Crippen LogP contribution is -2.56. The lowest BCUT2D eigenvalue weighted by Gasteiger charge is -2.42. The minimum Gasteiger partial charge on any atom is -0.481 e. The van der Waals surface area contributed by atoms with E-state index in [1.165, 1.54) is 11.1 Å². The highest BCUT2D eigenvalue weighted by molar-refractivity contribution is 5.81. The molecule has 0 bridgehead atoms. The van der Waals surface area contributed by atoms with Crippen molar-refractivity contribution >= 4 is 18.0 Å². The van der Waals surface area contributed by atoms with Crippen LogP contribution in [0.1, 0.15) is 62.0 Å². The Bertz CT molecular complexity index is 1060. The van der Waals surface area contributed by atoms with Crippen molar-refractivity contribution < 1.29 is 24.2 Å². The molecule has 1 atom stereocenters. The summed E-state index contributed by atoms with van der Waals surface area (Å²) in [4.78, 5) is 38.7. The van der Waals surface area contributed by atoms with Crippen LogP contribution in [-0.2, 0) is 14.3 Å². The summed E-state index contributed by atoms with van der Waals surface area (Å²) in [7, 11) is 0. The van der Waals surface area contributed by atoms with Crippen molar-refractivity contribution in [2.75, 3.05) is 13.2 Å². The molecule has 7 nitrogen and oxygen atoms in total. The summed E-state index contributed by atoms with van der Waals surface area (Å²) in [5.41, 5.74) is 4.06. The monoisotopic (exact) mass is 462 g/mol. The van der Waals surface area contributed by atoms with Gasteiger partial charge in [-0.1, -0.05) is 48.5 Å². The van der Waals surface area contributed by atoms with Gasteiger partial charge in [-0.15, -0.1) is 0 Å². The van der Waals surface area contributed by atoms with Gasteiger partial charge in [0.1, 0.15) is 6.61 Å². The van der Waals surface area contributed by atoms with Gasteiger partial charge < -0.3 is 20.1 Å². The van der Waals surface area contributed by atoms with Crippen LogP contribution in [0.5, 0.6) is 0 Å². The van der Waals surface area contributed by atoms with Crippen LogP contribution in [-0.4, -0.2) is 52.7 Å². The van der Waals surface area contributed by atoms with Crippen LogP contribution in [0, 0.1) is 0 Å². The van der Waals surface area contributed by atoms with E-state index < -0.39 is 17.6 Å². The molecule has 34 heavy (non-hydrogen) atoms. The molecule has 1 heterocycles. The van der Waals surface area contributed by atoms with Gasteiger partial charge in [0, 0.05) is 18.5 Å². The predicted octanol–water partition coefficient (Wildman–Crippen LogP) is 4.30. The molecule has 7 heteroatoms. The van der Waals surface area contributed by atoms with Crippen LogP contribution >= 0.6 is 0 Å². The van der Waals surface area contributed by atoms with Gasteiger partial charge in [-0.2, -0.15) is 0 Å². The van der Waals surface area contributed by atoms with E-state index in [0.717, 1.165) is 36.8 Å². The van der Waals surface area contributed by atoms with Crippen LogP contribution in [0.4, 0.5) is 4.79 Å². The number of nitrogens with zero attached hydrogens (tertiary/aromatic N) is 1. The zero-order chi connectivity index (χ0) is 23.7. The number of alkyl carbamates (subject to hydrolysis) is 1. The first-order valence-electron chi connectivity index (χ1n) is 12.1. The molecule has 2 amide bonds. The lowest BCUT2D eigenvalue weighted by atomic mass is 9.74. The summed E-state index contributed by atoms with van der Waals surface area (Å²) in [6.45, 7) is 0.814. The molecule has 0 unspecified atom stereocenters. The Balaban J connectivity index is 1.21. The fraction of sp³-hybridized carbons (Fsp3) is 0.444. The average Bonchev–Trinajstić information content (AvgIpc) is 3.38. The predicted molar refractivity (Wildman–Crippen MR) is 126 cm³/mol. The van der Waals surface area contributed by atoms with Crippen molar-refractivity contribution in [3.05, 3.63) is 59.7 Å². The summed E-state index contributed by atoms with van der Waals surface area (Å²) in [6.07, 6.45) is 3.57. The standard InChI is InChI=1S/C27H30N2O5/c30-24(29-14-5-7-18(29)15-25(31)32)16-27(12-6-13-27)28-26(33)34-17-23-21-10-3-1-8-19(21)20-9-2-4-11-22(20)23/h1-4,8-11,18,23H,5-7,12-17H2,(H,28,33)(H,31,32)/t18-/m1/s1. The molecule has 3 aliphatic rings. The van der Waals surface area contributed by atoms with E-state index in [4.69, 9.17) is 9.84 Å². The third-order valence-corrected chi connectivity index (χ3v) is 7.62. The summed E-state index contributed by atoms with van der Waals surface area (Å²) < 4.78 is 5.70. The lowest BCUT2D eigenvalue weighted by molar-refractivity contribution is -0.140. The number of aliphatic carboxylic acids is 1. The Hall–Kier alpha value is -3.35. The van der Waals surface area contributed by atoms with Gasteiger partial charge in [0.25, 0.3) is 0 Å². The molecule has 178 valence electrons.